The minimum Gasteiger partial charge on any atom is -0.479 e. The maximum atomic E-state index is 12.8. The number of hydrogen-bond acceptors (Lipinski definition) is 23. The molecule has 8 unspecified atom stereocenters. The predicted molar refractivity (Wildman–Crippen MR) is 178 cm³/mol. The second kappa shape index (κ2) is 21.1. The lowest BCUT2D eigenvalue weighted by Gasteiger charge is -2.50. The van der Waals surface area contributed by atoms with Crippen molar-refractivity contribution in [3.05, 3.63) is 0 Å². The Morgan fingerprint density at radius 2 is 1.00 bits per heavy atom. The van der Waals surface area contributed by atoms with Gasteiger partial charge < -0.3 is 102 Å². The van der Waals surface area contributed by atoms with E-state index in [2.05, 4.69) is 0 Å². The summed E-state index contributed by atoms with van der Waals surface area (Å²) in [6.07, 6.45) is -33.2. The first-order chi connectivity index (χ1) is 27.5. The number of carboxylic acid groups (broad SMARTS) is 2. The van der Waals surface area contributed by atoms with Gasteiger partial charge in [0.25, 0.3) is 0 Å². The number of methoxy groups -OCH3 is 5. The number of aliphatic hydroxyl groups excluding tert-OH is 5. The van der Waals surface area contributed by atoms with E-state index in [0.717, 1.165) is 28.1 Å². The second-order valence-electron chi connectivity index (χ2n) is 13.5. The highest BCUT2D eigenvalue weighted by Gasteiger charge is 2.59. The van der Waals surface area contributed by atoms with Crippen molar-refractivity contribution in [3.63, 3.8) is 0 Å². The van der Waals surface area contributed by atoms with E-state index in [-0.39, 0.29) is 0 Å². The molecule has 0 bridgehead atoms. The second-order valence-corrected chi connectivity index (χ2v) is 13.5. The molecule has 0 saturated carbocycles. The summed E-state index contributed by atoms with van der Waals surface area (Å²) in [4.78, 5) is 49.2. The number of esters is 2. The van der Waals surface area contributed by atoms with E-state index in [1.807, 2.05) is 0 Å². The molecular weight excluding hydrogens is 796 g/mol. The van der Waals surface area contributed by atoms with Gasteiger partial charge in [0.2, 0.25) is 0 Å². The molecule has 0 radical (unpaired) electrons. The molecule has 20 atom stereocenters. The first-order valence-electron chi connectivity index (χ1n) is 17.8. The molecule has 0 spiro atoms. The van der Waals surface area contributed by atoms with Crippen LogP contribution in [0.25, 0.3) is 0 Å². The fourth-order valence-corrected chi connectivity index (χ4v) is 7.15. The lowest BCUT2D eigenvalue weighted by molar-refractivity contribution is -0.386. The molecule has 25 nitrogen and oxygen atoms in total. The zero-order chi connectivity index (χ0) is 43.2. The lowest BCUT2D eigenvalue weighted by atomic mass is 9.95. The maximum Gasteiger partial charge on any atom is 0.335 e. The number of carbonyl (C=O) groups excluding carboxylic acids is 2. The third-order valence-corrected chi connectivity index (χ3v) is 9.88. The number of aliphatic carboxylic acids is 2. The lowest BCUT2D eigenvalue weighted by Crippen LogP contribution is -2.69. The number of ether oxygens (including phenoxy) is 14. The van der Waals surface area contributed by atoms with Crippen LogP contribution in [0.2, 0.25) is 0 Å². The van der Waals surface area contributed by atoms with E-state index in [9.17, 15) is 54.9 Å². The van der Waals surface area contributed by atoms with Crippen LogP contribution in [0.5, 0.6) is 0 Å². The molecule has 0 amide bonds. The Bertz CT molecular complexity index is 1370. The van der Waals surface area contributed by atoms with Crippen LogP contribution in [0.4, 0.5) is 0 Å². The Labute approximate surface area is 330 Å². The van der Waals surface area contributed by atoms with Crippen LogP contribution < -0.4 is 0 Å². The van der Waals surface area contributed by atoms with E-state index in [1.54, 1.807) is 0 Å². The molecule has 4 aliphatic heterocycles. The molecule has 0 aromatic heterocycles. The van der Waals surface area contributed by atoms with Crippen molar-refractivity contribution in [2.45, 2.75) is 137 Å². The summed E-state index contributed by atoms with van der Waals surface area (Å²) in [5.74, 6) is -5.09. The van der Waals surface area contributed by atoms with Crippen LogP contribution in [0, 0.1) is 0 Å². The molecule has 4 heterocycles. The first-order valence-corrected chi connectivity index (χ1v) is 17.8. The van der Waals surface area contributed by atoms with E-state index >= 15 is 0 Å². The zero-order valence-corrected chi connectivity index (χ0v) is 32.4. The number of carbonyl (C=O) groups is 4. The highest BCUT2D eigenvalue weighted by Crippen LogP contribution is 2.37. The quantitative estimate of drug-likeness (QED) is 0.0673. The van der Waals surface area contributed by atoms with Gasteiger partial charge in [-0.25, -0.2) is 9.59 Å². The molecule has 7 N–H and O–H groups in total. The number of aliphatic hydroxyl groups is 5. The fraction of sp³-hybridized carbons (Fsp3) is 0.879. The Kier molecular flexibility index (Phi) is 17.4. The normalized spacial score (nSPS) is 43.3. The molecule has 4 rings (SSSR count). The molecule has 4 fully saturated rings. The van der Waals surface area contributed by atoms with Crippen molar-refractivity contribution in [2.75, 3.05) is 48.8 Å². The number of hydrogen-bond donors (Lipinski definition) is 7. The molecule has 4 aliphatic rings. The van der Waals surface area contributed by atoms with Crippen molar-refractivity contribution in [3.8, 4) is 0 Å². The van der Waals surface area contributed by atoms with Crippen molar-refractivity contribution in [2.24, 2.45) is 0 Å². The molecule has 0 aromatic carbocycles. The number of rotatable bonds is 17. The average molecular weight is 849 g/mol. The third-order valence-electron chi connectivity index (χ3n) is 9.88. The SMILES string of the molecule is COC1C(OC)[C@H](O[C@H]2O[C@H](COC(C)=O)[C@@H](O[C@@H]3OC(C(=O)O)[C@H](O)[C@H](OC)C3OC)C(OC(C)=O)C2O)[C@H](C(=O)O)O[C@@H]1O[C@H]1C(CO)O[C@@H](OC)C(O)[C@H]1O. The number of carboxylic acids is 2. The summed E-state index contributed by atoms with van der Waals surface area (Å²) in [5, 5.41) is 73.7. The van der Waals surface area contributed by atoms with Gasteiger partial charge in [-0.1, -0.05) is 0 Å². The van der Waals surface area contributed by atoms with Gasteiger partial charge in [0.15, 0.2) is 43.5 Å². The van der Waals surface area contributed by atoms with Gasteiger partial charge in [0.05, 0.1) is 6.61 Å². The molecule has 334 valence electrons. The Morgan fingerprint density at radius 3 is 1.50 bits per heavy atom. The van der Waals surface area contributed by atoms with Crippen LogP contribution in [0.3, 0.4) is 0 Å². The molecule has 25 heteroatoms. The average Bonchev–Trinajstić information content (AvgIpc) is 3.18. The summed E-state index contributed by atoms with van der Waals surface area (Å²) in [7, 11) is 5.85. The topological polar surface area (TPSA) is 339 Å². The van der Waals surface area contributed by atoms with Gasteiger partial charge in [-0.15, -0.1) is 0 Å². The molecular formula is C33H52O25. The van der Waals surface area contributed by atoms with Gasteiger partial charge in [-0.2, -0.15) is 0 Å². The highest BCUT2D eigenvalue weighted by molar-refractivity contribution is 5.74. The zero-order valence-electron chi connectivity index (χ0n) is 32.4. The maximum absolute atomic E-state index is 12.8. The van der Waals surface area contributed by atoms with Gasteiger partial charge in [0, 0.05) is 49.4 Å². The third kappa shape index (κ3) is 10.4. The van der Waals surface area contributed by atoms with Crippen molar-refractivity contribution >= 4 is 23.9 Å². The fourth-order valence-electron chi connectivity index (χ4n) is 7.15. The van der Waals surface area contributed by atoms with E-state index in [4.69, 9.17) is 66.3 Å². The molecule has 0 aliphatic carbocycles. The van der Waals surface area contributed by atoms with Crippen LogP contribution in [0.1, 0.15) is 13.8 Å². The standard InChI is InChI=1S/C33H52O25/c1-10(35)50-9-13-19(55-32-26(47-5)20(45-3)16(39)22(56-32)28(41)42)21(51-11(2)36)17(40)31(53-13)57-24-23(46-4)27(48-6)33(58-25(24)29(43)44)54-18-12(8-34)52-30(49-7)15(38)14(18)37/h12-27,30-34,37-40H,8-9H2,1-7H3,(H,41,42)(H,43,44)/t12?,13-,14-,15?,16-,17?,18+,19-,20+,21?,22?,23?,24+,25-,26?,27?,30-,31-,32-,33+/m1/s1. The summed E-state index contributed by atoms with van der Waals surface area (Å²) in [6, 6.07) is 0. The van der Waals surface area contributed by atoms with Crippen LogP contribution in [0.15, 0.2) is 0 Å². The van der Waals surface area contributed by atoms with E-state index < -0.39 is 160 Å². The summed E-state index contributed by atoms with van der Waals surface area (Å²) in [5.41, 5.74) is 0. The summed E-state index contributed by atoms with van der Waals surface area (Å²) < 4.78 is 78.2. The van der Waals surface area contributed by atoms with Gasteiger partial charge in [0.1, 0.15) is 86.0 Å². The smallest absolute Gasteiger partial charge is 0.335 e. The molecule has 58 heavy (non-hydrogen) atoms. The van der Waals surface area contributed by atoms with Gasteiger partial charge in [-0.05, 0) is 0 Å². The van der Waals surface area contributed by atoms with Crippen molar-refractivity contribution < 1.29 is 121 Å². The molecule has 0 aromatic rings. The summed E-state index contributed by atoms with van der Waals surface area (Å²) >= 11 is 0. The van der Waals surface area contributed by atoms with E-state index in [0.29, 0.717) is 0 Å². The Hall–Kier alpha value is -2.80. The van der Waals surface area contributed by atoms with Gasteiger partial charge >= 0.3 is 23.9 Å². The predicted octanol–water partition coefficient (Wildman–Crippen LogP) is -5.15. The largest absolute Gasteiger partial charge is 0.479 e. The first kappa shape index (κ1) is 47.9. The van der Waals surface area contributed by atoms with Crippen LogP contribution in [-0.4, -0.2) is 231 Å². The van der Waals surface area contributed by atoms with E-state index in [1.165, 1.54) is 21.3 Å². The van der Waals surface area contributed by atoms with Crippen molar-refractivity contribution in [1.29, 1.82) is 0 Å². The Morgan fingerprint density at radius 1 is 0.483 bits per heavy atom. The van der Waals surface area contributed by atoms with Crippen molar-refractivity contribution in [1.82, 2.24) is 0 Å². The Balaban J connectivity index is 1.67. The summed E-state index contributed by atoms with van der Waals surface area (Å²) in [6.45, 7) is 0.606. The van der Waals surface area contributed by atoms with Crippen LogP contribution in [-0.2, 0) is 85.5 Å². The minimum atomic E-state index is -2.07. The highest BCUT2D eigenvalue weighted by atomic mass is 16.8. The minimum absolute atomic E-state index is 0.686. The van der Waals surface area contributed by atoms with Gasteiger partial charge in [-0.3, -0.25) is 9.59 Å². The monoisotopic (exact) mass is 848 g/mol. The van der Waals surface area contributed by atoms with Crippen LogP contribution >= 0.6 is 0 Å². The molecule has 4 saturated heterocycles.